The molecule has 3 atom stereocenters. The van der Waals surface area contributed by atoms with E-state index >= 15 is 0 Å². The summed E-state index contributed by atoms with van der Waals surface area (Å²) in [6.45, 7) is 0.605. The molecule has 124 valence electrons. The average molecular weight is 326 g/mol. The van der Waals surface area contributed by atoms with Gasteiger partial charge >= 0.3 is 0 Å². The van der Waals surface area contributed by atoms with Crippen LogP contribution in [0.1, 0.15) is 30.9 Å². The molecule has 1 saturated carbocycles. The Bertz CT molecular complexity index is 820. The van der Waals surface area contributed by atoms with E-state index in [1.54, 1.807) is 0 Å². The molecule has 2 aromatic rings. The molecule has 0 radical (unpaired) electrons. The molecule has 2 aliphatic rings. The number of carbonyl (C=O) groups excluding carboxylic acids is 1. The molecule has 1 fully saturated rings. The van der Waals surface area contributed by atoms with Crippen LogP contribution in [0, 0.1) is 16.0 Å². The smallest absolute Gasteiger partial charge is 0.230 e. The van der Waals surface area contributed by atoms with Gasteiger partial charge in [0.1, 0.15) is 11.7 Å². The third-order valence-corrected chi connectivity index (χ3v) is 4.85. The van der Waals surface area contributed by atoms with Crippen LogP contribution in [0.5, 0.6) is 5.75 Å². The summed E-state index contributed by atoms with van der Waals surface area (Å²) in [6.07, 6.45) is 1.94. The summed E-state index contributed by atoms with van der Waals surface area (Å²) in [5.74, 6) is 0.105. The van der Waals surface area contributed by atoms with Crippen molar-refractivity contribution in [3.8, 4) is 5.75 Å². The SMILES string of the molecule is O=C(N[C@@H]1CCCOc2c1ccc1ccccc21)[C@@H]1C[C@@H]1[N+](=O)[O-]. The van der Waals surface area contributed by atoms with Crippen LogP contribution in [0.15, 0.2) is 36.4 Å². The van der Waals surface area contributed by atoms with Gasteiger partial charge in [-0.15, -0.1) is 0 Å². The van der Waals surface area contributed by atoms with Crippen molar-refractivity contribution in [2.75, 3.05) is 6.61 Å². The van der Waals surface area contributed by atoms with Crippen LogP contribution < -0.4 is 10.1 Å². The van der Waals surface area contributed by atoms with Crippen LogP contribution in [-0.4, -0.2) is 23.5 Å². The number of ether oxygens (including phenoxy) is 1. The first-order valence-corrected chi connectivity index (χ1v) is 8.23. The predicted octanol–water partition coefficient (Wildman–Crippen LogP) is 2.83. The van der Waals surface area contributed by atoms with Crippen LogP contribution in [0.3, 0.4) is 0 Å². The first-order valence-electron chi connectivity index (χ1n) is 8.23. The number of rotatable bonds is 3. The third kappa shape index (κ3) is 2.58. The molecule has 1 amide bonds. The van der Waals surface area contributed by atoms with Gasteiger partial charge in [-0.1, -0.05) is 36.4 Å². The first kappa shape index (κ1) is 14.9. The van der Waals surface area contributed by atoms with Gasteiger partial charge in [0.05, 0.1) is 12.6 Å². The van der Waals surface area contributed by atoms with Crippen molar-refractivity contribution in [1.82, 2.24) is 5.32 Å². The van der Waals surface area contributed by atoms with Crippen LogP contribution >= 0.6 is 0 Å². The van der Waals surface area contributed by atoms with Gasteiger partial charge in [-0.05, 0) is 18.2 Å². The summed E-state index contributed by atoms with van der Waals surface area (Å²) < 4.78 is 5.95. The van der Waals surface area contributed by atoms with Crippen molar-refractivity contribution in [1.29, 1.82) is 0 Å². The second kappa shape index (κ2) is 5.78. The number of benzene rings is 2. The molecule has 1 aliphatic heterocycles. The lowest BCUT2D eigenvalue weighted by molar-refractivity contribution is -0.497. The number of nitrogens with one attached hydrogen (secondary N) is 1. The molecule has 0 spiro atoms. The maximum Gasteiger partial charge on any atom is 0.230 e. The number of nitrogens with zero attached hydrogens (tertiary/aromatic N) is 1. The van der Waals surface area contributed by atoms with Gasteiger partial charge in [0.2, 0.25) is 11.9 Å². The van der Waals surface area contributed by atoms with Crippen molar-refractivity contribution in [2.24, 2.45) is 5.92 Å². The van der Waals surface area contributed by atoms with E-state index in [0.29, 0.717) is 13.0 Å². The van der Waals surface area contributed by atoms with Gasteiger partial charge in [0.25, 0.3) is 0 Å². The normalized spacial score (nSPS) is 25.2. The predicted molar refractivity (Wildman–Crippen MR) is 88.5 cm³/mol. The van der Waals surface area contributed by atoms with Crippen molar-refractivity contribution in [3.05, 3.63) is 52.1 Å². The van der Waals surface area contributed by atoms with Crippen molar-refractivity contribution >= 4 is 16.7 Å². The highest BCUT2D eigenvalue weighted by Crippen LogP contribution is 2.39. The van der Waals surface area contributed by atoms with E-state index in [9.17, 15) is 14.9 Å². The van der Waals surface area contributed by atoms with Crippen LogP contribution in [0.2, 0.25) is 0 Å². The van der Waals surface area contributed by atoms with Crippen molar-refractivity contribution in [2.45, 2.75) is 31.3 Å². The van der Waals surface area contributed by atoms with E-state index < -0.39 is 12.0 Å². The van der Waals surface area contributed by atoms with E-state index in [1.807, 2.05) is 36.4 Å². The van der Waals surface area contributed by atoms with E-state index in [1.165, 1.54) is 0 Å². The summed E-state index contributed by atoms with van der Waals surface area (Å²) >= 11 is 0. The van der Waals surface area contributed by atoms with E-state index in [0.717, 1.165) is 34.9 Å². The quantitative estimate of drug-likeness (QED) is 0.694. The molecule has 0 bridgehead atoms. The Balaban J connectivity index is 1.63. The summed E-state index contributed by atoms with van der Waals surface area (Å²) in [5, 5.41) is 15.9. The van der Waals surface area contributed by atoms with Gasteiger partial charge in [0, 0.05) is 22.3 Å². The van der Waals surface area contributed by atoms with Gasteiger partial charge < -0.3 is 10.1 Å². The number of hydrogen-bond acceptors (Lipinski definition) is 4. The lowest BCUT2D eigenvalue weighted by Crippen LogP contribution is -2.31. The molecule has 0 saturated heterocycles. The minimum Gasteiger partial charge on any atom is -0.493 e. The topological polar surface area (TPSA) is 81.5 Å². The van der Waals surface area contributed by atoms with Gasteiger partial charge in [-0.2, -0.15) is 0 Å². The Morgan fingerprint density at radius 3 is 2.88 bits per heavy atom. The largest absolute Gasteiger partial charge is 0.493 e. The number of fused-ring (bicyclic) bond motifs is 3. The maximum absolute atomic E-state index is 12.3. The number of nitro groups is 1. The van der Waals surface area contributed by atoms with E-state index in [2.05, 4.69) is 5.32 Å². The zero-order valence-corrected chi connectivity index (χ0v) is 13.1. The monoisotopic (exact) mass is 326 g/mol. The Morgan fingerprint density at radius 1 is 1.25 bits per heavy atom. The highest BCUT2D eigenvalue weighted by atomic mass is 16.6. The fourth-order valence-electron chi connectivity index (χ4n) is 3.44. The lowest BCUT2D eigenvalue weighted by Gasteiger charge is -2.19. The molecule has 1 aliphatic carbocycles. The zero-order valence-electron chi connectivity index (χ0n) is 13.1. The number of hydrogen-bond donors (Lipinski definition) is 1. The molecular weight excluding hydrogens is 308 g/mol. The van der Waals surface area contributed by atoms with Gasteiger partial charge in [-0.25, -0.2) is 0 Å². The molecule has 0 unspecified atom stereocenters. The molecule has 2 aromatic carbocycles. The summed E-state index contributed by atoms with van der Waals surface area (Å²) in [5.41, 5.74) is 0.956. The minimum atomic E-state index is -0.719. The Labute approximate surface area is 138 Å². The molecular formula is C18H18N2O4. The second-order valence-electron chi connectivity index (χ2n) is 6.45. The fourth-order valence-corrected chi connectivity index (χ4v) is 3.44. The minimum absolute atomic E-state index is 0.160. The highest BCUT2D eigenvalue weighted by molar-refractivity contribution is 5.90. The number of carbonyl (C=O) groups is 1. The van der Waals surface area contributed by atoms with E-state index in [-0.39, 0.29) is 16.9 Å². The molecule has 4 rings (SSSR count). The van der Waals surface area contributed by atoms with Crippen molar-refractivity contribution in [3.63, 3.8) is 0 Å². The summed E-state index contributed by atoms with van der Waals surface area (Å²) in [7, 11) is 0. The summed E-state index contributed by atoms with van der Waals surface area (Å²) in [4.78, 5) is 22.7. The van der Waals surface area contributed by atoms with Gasteiger partial charge in [-0.3, -0.25) is 14.9 Å². The molecule has 1 N–H and O–H groups in total. The second-order valence-corrected chi connectivity index (χ2v) is 6.45. The van der Waals surface area contributed by atoms with Crippen molar-refractivity contribution < 1.29 is 14.5 Å². The first-order chi connectivity index (χ1) is 11.6. The highest BCUT2D eigenvalue weighted by Gasteiger charge is 2.53. The molecule has 0 aromatic heterocycles. The molecule has 6 nitrogen and oxygen atoms in total. The Kier molecular flexibility index (Phi) is 3.59. The third-order valence-electron chi connectivity index (χ3n) is 4.85. The number of amides is 1. The Hall–Kier alpha value is -2.63. The molecule has 6 heteroatoms. The van der Waals surface area contributed by atoms with Crippen LogP contribution in [0.25, 0.3) is 10.8 Å². The van der Waals surface area contributed by atoms with Crippen LogP contribution in [-0.2, 0) is 4.79 Å². The standard InChI is InChI=1S/C18H18N2O4/c21-18(14-10-16(14)20(22)23)19-15-6-3-9-24-17-12-5-2-1-4-11(12)7-8-13(15)17/h1-2,4-5,7-8,14-16H,3,6,9-10H2,(H,19,21)/t14-,15-,16+/m1/s1. The lowest BCUT2D eigenvalue weighted by atomic mass is 9.98. The molecule has 24 heavy (non-hydrogen) atoms. The average Bonchev–Trinajstić information content (AvgIpc) is 3.39. The Morgan fingerprint density at radius 2 is 2.08 bits per heavy atom. The fraction of sp³-hybridized carbons (Fsp3) is 0.389. The van der Waals surface area contributed by atoms with Gasteiger partial charge in [0.15, 0.2) is 0 Å². The van der Waals surface area contributed by atoms with E-state index in [4.69, 9.17) is 4.74 Å². The maximum atomic E-state index is 12.3. The summed E-state index contributed by atoms with van der Waals surface area (Å²) in [6, 6.07) is 11.1. The molecule has 1 heterocycles. The van der Waals surface area contributed by atoms with Crippen LogP contribution in [0.4, 0.5) is 0 Å². The zero-order chi connectivity index (χ0) is 16.7.